The van der Waals surface area contributed by atoms with E-state index in [2.05, 4.69) is 11.4 Å². The van der Waals surface area contributed by atoms with E-state index in [0.29, 0.717) is 36.0 Å². The summed E-state index contributed by atoms with van der Waals surface area (Å²) in [6, 6.07) is 4.94. The maximum absolute atomic E-state index is 11.6. The minimum Gasteiger partial charge on any atom is -0.364 e. The van der Waals surface area contributed by atoms with E-state index >= 15 is 0 Å². The van der Waals surface area contributed by atoms with E-state index in [-0.39, 0.29) is 5.91 Å². The molecular formula is C13H13ClN4O2. The van der Waals surface area contributed by atoms with Crippen molar-refractivity contribution >= 4 is 28.9 Å². The second-order valence-corrected chi connectivity index (χ2v) is 5.20. The predicted molar refractivity (Wildman–Crippen MR) is 74.6 cm³/mol. The fraction of sp³-hybridized carbons (Fsp3) is 0.385. The smallest absolute Gasteiger partial charge is 0.245 e. The Bertz CT molecular complexity index is 613. The molecule has 1 saturated heterocycles. The third-order valence-electron chi connectivity index (χ3n) is 3.55. The van der Waals surface area contributed by atoms with Crippen LogP contribution in [0.1, 0.15) is 11.6 Å². The zero-order valence-electron chi connectivity index (χ0n) is 10.6. The first kappa shape index (κ1) is 13.2. The van der Waals surface area contributed by atoms with Crippen molar-refractivity contribution < 1.29 is 9.53 Å². The summed E-state index contributed by atoms with van der Waals surface area (Å²) >= 11 is 6.29. The number of nitrogens with one attached hydrogen (secondary N) is 1. The second kappa shape index (κ2) is 4.94. The minimum atomic E-state index is -0.673. The Morgan fingerprint density at radius 2 is 2.35 bits per heavy atom. The molecule has 2 aliphatic heterocycles. The first-order valence-corrected chi connectivity index (χ1v) is 6.64. The number of morpholine rings is 1. The van der Waals surface area contributed by atoms with Crippen molar-refractivity contribution in [2.24, 2.45) is 5.73 Å². The highest BCUT2D eigenvalue weighted by molar-refractivity contribution is 6.33. The van der Waals surface area contributed by atoms with Gasteiger partial charge in [-0.2, -0.15) is 5.26 Å². The summed E-state index contributed by atoms with van der Waals surface area (Å²) in [5.41, 5.74) is 7.95. The average Bonchev–Trinajstić information content (AvgIpc) is 2.73. The Balaban J connectivity index is 1.94. The van der Waals surface area contributed by atoms with E-state index in [0.717, 1.165) is 5.69 Å². The van der Waals surface area contributed by atoms with E-state index in [9.17, 15) is 4.79 Å². The van der Waals surface area contributed by atoms with Gasteiger partial charge in [-0.3, -0.25) is 4.79 Å². The van der Waals surface area contributed by atoms with Gasteiger partial charge in [-0.25, -0.2) is 0 Å². The molecule has 7 heteroatoms. The molecule has 0 saturated carbocycles. The van der Waals surface area contributed by atoms with Crippen molar-refractivity contribution in [1.29, 1.82) is 5.26 Å². The average molecular weight is 293 g/mol. The van der Waals surface area contributed by atoms with E-state index in [1.807, 2.05) is 11.0 Å². The van der Waals surface area contributed by atoms with Gasteiger partial charge < -0.3 is 20.7 Å². The molecular weight excluding hydrogens is 280 g/mol. The number of fused-ring (bicyclic) bond motifs is 1. The molecule has 6 nitrogen and oxygen atoms in total. The van der Waals surface area contributed by atoms with Gasteiger partial charge in [-0.1, -0.05) is 11.6 Å². The molecule has 1 fully saturated rings. The standard InChI is InChI=1S/C13H13ClN4O2/c14-9-3-8-10(17-13(19)12(8)16)4-11(9)18-1-2-20-7(5-15)6-18/h3-4,7,12H,1-2,6,16H2,(H,17,19). The molecule has 3 N–H and O–H groups in total. The van der Waals surface area contributed by atoms with Crippen LogP contribution in [0.25, 0.3) is 0 Å². The largest absolute Gasteiger partial charge is 0.364 e. The molecule has 1 aromatic carbocycles. The van der Waals surface area contributed by atoms with E-state index in [1.165, 1.54) is 0 Å². The van der Waals surface area contributed by atoms with Crippen LogP contribution in [-0.2, 0) is 9.53 Å². The molecule has 2 atom stereocenters. The number of carbonyl (C=O) groups excluding carboxylic acids is 1. The third-order valence-corrected chi connectivity index (χ3v) is 3.85. The molecule has 0 radical (unpaired) electrons. The highest BCUT2D eigenvalue weighted by Gasteiger charge is 2.30. The maximum atomic E-state index is 11.6. The lowest BCUT2D eigenvalue weighted by Gasteiger charge is -2.32. The molecule has 0 aliphatic carbocycles. The summed E-state index contributed by atoms with van der Waals surface area (Å²) < 4.78 is 5.31. The Hall–Kier alpha value is -1.81. The molecule has 1 aromatic rings. The van der Waals surface area contributed by atoms with Crippen LogP contribution in [0.3, 0.4) is 0 Å². The quantitative estimate of drug-likeness (QED) is 0.806. The van der Waals surface area contributed by atoms with E-state index in [4.69, 9.17) is 27.3 Å². The number of benzene rings is 1. The molecule has 2 unspecified atom stereocenters. The van der Waals surface area contributed by atoms with Crippen LogP contribution < -0.4 is 16.0 Å². The SMILES string of the molecule is N#CC1CN(c2cc3c(cc2Cl)C(N)C(=O)N3)CCO1. The van der Waals surface area contributed by atoms with Crippen LogP contribution in [0, 0.1) is 11.3 Å². The van der Waals surface area contributed by atoms with Gasteiger partial charge in [0.2, 0.25) is 5.91 Å². The van der Waals surface area contributed by atoms with Gasteiger partial charge in [0, 0.05) is 17.8 Å². The number of ether oxygens (including phenoxy) is 1. The summed E-state index contributed by atoms with van der Waals surface area (Å²) in [4.78, 5) is 13.6. The van der Waals surface area contributed by atoms with Crippen molar-refractivity contribution in [3.05, 3.63) is 22.7 Å². The molecule has 0 spiro atoms. The van der Waals surface area contributed by atoms with Crippen LogP contribution in [0.2, 0.25) is 5.02 Å². The Morgan fingerprint density at radius 3 is 3.10 bits per heavy atom. The van der Waals surface area contributed by atoms with Crippen molar-refractivity contribution in [2.75, 3.05) is 29.9 Å². The fourth-order valence-electron chi connectivity index (χ4n) is 2.48. The summed E-state index contributed by atoms with van der Waals surface area (Å²) in [5, 5.41) is 12.2. The number of carbonyl (C=O) groups is 1. The molecule has 3 rings (SSSR count). The zero-order valence-corrected chi connectivity index (χ0v) is 11.4. The molecule has 2 heterocycles. The summed E-state index contributed by atoms with van der Waals surface area (Å²) in [6.07, 6.45) is -0.468. The van der Waals surface area contributed by atoms with Crippen LogP contribution in [-0.4, -0.2) is 31.7 Å². The third kappa shape index (κ3) is 2.10. The van der Waals surface area contributed by atoms with E-state index in [1.54, 1.807) is 6.07 Å². The number of nitrogens with zero attached hydrogens (tertiary/aromatic N) is 2. The van der Waals surface area contributed by atoms with Gasteiger partial charge >= 0.3 is 0 Å². The van der Waals surface area contributed by atoms with Crippen molar-refractivity contribution in [3.8, 4) is 6.07 Å². The lowest BCUT2D eigenvalue weighted by atomic mass is 10.1. The predicted octanol–water partition coefficient (Wildman–Crippen LogP) is 1.02. The van der Waals surface area contributed by atoms with Crippen LogP contribution >= 0.6 is 11.6 Å². The molecule has 0 aromatic heterocycles. The number of hydrogen-bond donors (Lipinski definition) is 2. The Morgan fingerprint density at radius 1 is 1.55 bits per heavy atom. The normalized spacial score (nSPS) is 25.1. The van der Waals surface area contributed by atoms with E-state index < -0.39 is 12.1 Å². The lowest BCUT2D eigenvalue weighted by molar-refractivity contribution is -0.116. The minimum absolute atomic E-state index is 0.231. The van der Waals surface area contributed by atoms with Gasteiger partial charge in [-0.05, 0) is 12.1 Å². The molecule has 104 valence electrons. The highest BCUT2D eigenvalue weighted by Crippen LogP contribution is 2.38. The first-order chi connectivity index (χ1) is 9.60. The molecule has 1 amide bonds. The first-order valence-electron chi connectivity index (χ1n) is 6.26. The number of rotatable bonds is 1. The maximum Gasteiger partial charge on any atom is 0.245 e. The van der Waals surface area contributed by atoms with Crippen LogP contribution in [0.5, 0.6) is 0 Å². The van der Waals surface area contributed by atoms with Crippen LogP contribution in [0.4, 0.5) is 11.4 Å². The van der Waals surface area contributed by atoms with Gasteiger partial charge in [0.25, 0.3) is 0 Å². The van der Waals surface area contributed by atoms with Gasteiger partial charge in [0.05, 0.1) is 29.9 Å². The number of hydrogen-bond acceptors (Lipinski definition) is 5. The summed E-state index contributed by atoms with van der Waals surface area (Å²) in [7, 11) is 0. The fourth-order valence-corrected chi connectivity index (χ4v) is 2.77. The summed E-state index contributed by atoms with van der Waals surface area (Å²) in [5.74, 6) is -0.231. The van der Waals surface area contributed by atoms with Crippen molar-refractivity contribution in [2.45, 2.75) is 12.1 Å². The topological polar surface area (TPSA) is 91.4 Å². The zero-order chi connectivity index (χ0) is 14.3. The Labute approximate surface area is 121 Å². The highest BCUT2D eigenvalue weighted by atomic mass is 35.5. The molecule has 0 bridgehead atoms. The second-order valence-electron chi connectivity index (χ2n) is 4.79. The van der Waals surface area contributed by atoms with Crippen molar-refractivity contribution in [1.82, 2.24) is 0 Å². The lowest BCUT2D eigenvalue weighted by Crippen LogP contribution is -2.42. The van der Waals surface area contributed by atoms with Crippen LogP contribution in [0.15, 0.2) is 12.1 Å². The van der Waals surface area contributed by atoms with Gasteiger partial charge in [0.1, 0.15) is 6.04 Å². The van der Waals surface area contributed by atoms with Gasteiger partial charge in [-0.15, -0.1) is 0 Å². The number of nitrogens with two attached hydrogens (primary N) is 1. The Kier molecular flexibility index (Phi) is 3.26. The molecule has 20 heavy (non-hydrogen) atoms. The number of anilines is 2. The van der Waals surface area contributed by atoms with Crippen molar-refractivity contribution in [3.63, 3.8) is 0 Å². The number of nitriles is 1. The summed E-state index contributed by atoms with van der Waals surface area (Å²) in [6.45, 7) is 1.57. The number of amides is 1. The number of halogens is 1. The molecule has 2 aliphatic rings. The monoisotopic (exact) mass is 292 g/mol. The van der Waals surface area contributed by atoms with Gasteiger partial charge in [0.15, 0.2) is 6.10 Å².